The van der Waals surface area contributed by atoms with Crippen molar-refractivity contribution in [3.05, 3.63) is 28.2 Å². The third-order valence-corrected chi connectivity index (χ3v) is 4.37. The van der Waals surface area contributed by atoms with E-state index in [1.54, 1.807) is 6.92 Å². The summed E-state index contributed by atoms with van der Waals surface area (Å²) in [6.07, 6.45) is -3.01. The van der Waals surface area contributed by atoms with Gasteiger partial charge >= 0.3 is 12.2 Å². The summed E-state index contributed by atoms with van der Waals surface area (Å²) in [6.45, 7) is 3.42. The number of aromatic nitrogens is 3. The fourth-order valence-electron chi connectivity index (χ4n) is 1.94. The lowest BCUT2D eigenvalue weighted by Gasteiger charge is -2.10. The van der Waals surface area contributed by atoms with Gasteiger partial charge in [-0.2, -0.15) is 18.3 Å². The van der Waals surface area contributed by atoms with Crippen molar-refractivity contribution in [1.29, 1.82) is 0 Å². The number of anilines is 1. The van der Waals surface area contributed by atoms with E-state index in [-0.39, 0.29) is 12.2 Å². The van der Waals surface area contributed by atoms with E-state index in [0.717, 1.165) is 22.3 Å². The average Bonchev–Trinajstić information content (AvgIpc) is 3.00. The fourth-order valence-corrected chi connectivity index (χ4v) is 2.84. The highest BCUT2D eigenvalue weighted by Crippen LogP contribution is 2.31. The Morgan fingerprint density at radius 1 is 1.43 bits per heavy atom. The molecule has 0 radical (unpaired) electrons. The van der Waals surface area contributed by atoms with E-state index in [1.807, 2.05) is 6.92 Å². The minimum absolute atomic E-state index is 0.108. The van der Waals surface area contributed by atoms with Crippen molar-refractivity contribution in [1.82, 2.24) is 20.1 Å². The summed E-state index contributed by atoms with van der Waals surface area (Å²) in [5.41, 5.74) is -0.288. The first kappa shape index (κ1) is 17.3. The Kier molecular flexibility index (Phi) is 4.93. The fraction of sp³-hybridized carbons (Fsp3) is 0.462. The van der Waals surface area contributed by atoms with Crippen LogP contribution in [-0.4, -0.2) is 20.8 Å². The maximum absolute atomic E-state index is 12.8. The van der Waals surface area contributed by atoms with Gasteiger partial charge in [0.25, 0.3) is 0 Å². The highest BCUT2D eigenvalue weighted by Gasteiger charge is 2.35. The predicted molar refractivity (Wildman–Crippen MR) is 80.3 cm³/mol. The van der Waals surface area contributed by atoms with Crippen LogP contribution in [0.5, 0.6) is 0 Å². The van der Waals surface area contributed by atoms with Crippen LogP contribution in [0, 0.1) is 6.92 Å². The Morgan fingerprint density at radius 2 is 2.13 bits per heavy atom. The van der Waals surface area contributed by atoms with Gasteiger partial charge in [0.2, 0.25) is 0 Å². The minimum Gasteiger partial charge on any atom is -0.332 e. The molecule has 2 aromatic rings. The third kappa shape index (κ3) is 4.01. The number of hydrogen-bond donors (Lipinski definition) is 2. The number of carbonyl (C=O) groups excluding carboxylic acids is 1. The van der Waals surface area contributed by atoms with Gasteiger partial charge in [0.1, 0.15) is 5.00 Å². The Morgan fingerprint density at radius 3 is 2.70 bits per heavy atom. The van der Waals surface area contributed by atoms with Crippen LogP contribution in [0.3, 0.4) is 0 Å². The number of carbonyl (C=O) groups is 1. The lowest BCUT2D eigenvalue weighted by molar-refractivity contribution is -0.138. The first-order valence-corrected chi connectivity index (χ1v) is 7.63. The summed E-state index contributed by atoms with van der Waals surface area (Å²) in [5, 5.41) is 10.1. The van der Waals surface area contributed by atoms with Gasteiger partial charge in [-0.15, -0.1) is 11.3 Å². The van der Waals surface area contributed by atoms with Gasteiger partial charge in [-0.1, -0.05) is 6.92 Å². The van der Waals surface area contributed by atoms with Crippen molar-refractivity contribution >= 4 is 22.4 Å². The Bertz CT molecular complexity index is 707. The molecule has 0 aliphatic carbocycles. The van der Waals surface area contributed by atoms with Crippen LogP contribution in [0.4, 0.5) is 23.0 Å². The second-order valence-corrected chi connectivity index (χ2v) is 5.89. The zero-order chi connectivity index (χ0) is 17.2. The third-order valence-electron chi connectivity index (χ3n) is 3.15. The molecule has 6 nitrogen and oxygen atoms in total. The molecule has 0 fully saturated rings. The molecule has 23 heavy (non-hydrogen) atoms. The van der Waals surface area contributed by atoms with Crippen LogP contribution < -0.4 is 10.6 Å². The summed E-state index contributed by atoms with van der Waals surface area (Å²) in [5.74, 6) is 0. The number of urea groups is 1. The van der Waals surface area contributed by atoms with Crippen molar-refractivity contribution in [2.75, 3.05) is 5.32 Å². The molecule has 0 bridgehead atoms. The molecule has 0 spiro atoms. The van der Waals surface area contributed by atoms with Crippen molar-refractivity contribution < 1.29 is 18.0 Å². The van der Waals surface area contributed by atoms with E-state index in [0.29, 0.717) is 10.7 Å². The number of rotatable bonds is 4. The predicted octanol–water partition coefficient (Wildman–Crippen LogP) is 3.09. The Labute approximate surface area is 134 Å². The quantitative estimate of drug-likeness (QED) is 0.893. The molecule has 2 rings (SSSR count). The summed E-state index contributed by atoms with van der Waals surface area (Å²) >= 11 is 1.34. The smallest absolute Gasteiger partial charge is 0.332 e. The van der Waals surface area contributed by atoms with E-state index in [4.69, 9.17) is 0 Å². The topological polar surface area (TPSA) is 71.8 Å². The molecule has 2 heterocycles. The maximum atomic E-state index is 12.8. The number of nitrogens with zero attached hydrogens (tertiary/aromatic N) is 3. The largest absolute Gasteiger partial charge is 0.419 e. The van der Waals surface area contributed by atoms with Crippen molar-refractivity contribution in [2.45, 2.75) is 33.0 Å². The van der Waals surface area contributed by atoms with Gasteiger partial charge in [-0.25, -0.2) is 9.78 Å². The zero-order valence-electron chi connectivity index (χ0n) is 12.8. The van der Waals surface area contributed by atoms with Crippen molar-refractivity contribution in [3.63, 3.8) is 0 Å². The molecule has 0 aromatic carbocycles. The van der Waals surface area contributed by atoms with Crippen LogP contribution in [0.1, 0.15) is 28.9 Å². The van der Waals surface area contributed by atoms with Gasteiger partial charge in [0, 0.05) is 7.05 Å². The standard InChI is InChI=1S/C13H16F3N5OS/c1-4-10-19-7(2)11(23-10)20-12(22)17-6-9-8(13(14,15)16)5-18-21(9)3/h5H,4,6H2,1-3H3,(H2,17,20,22). The summed E-state index contributed by atoms with van der Waals surface area (Å²) < 4.78 is 39.6. The maximum Gasteiger partial charge on any atom is 0.419 e. The summed E-state index contributed by atoms with van der Waals surface area (Å²) in [4.78, 5) is 16.1. The van der Waals surface area contributed by atoms with Gasteiger partial charge in [-0.05, 0) is 13.3 Å². The normalized spacial score (nSPS) is 11.6. The van der Waals surface area contributed by atoms with Gasteiger partial charge in [0.05, 0.1) is 34.7 Å². The van der Waals surface area contributed by atoms with Crippen LogP contribution in [0.15, 0.2) is 6.20 Å². The molecular formula is C13H16F3N5OS. The molecule has 0 aliphatic heterocycles. The lowest BCUT2D eigenvalue weighted by Crippen LogP contribution is -2.29. The number of alkyl halides is 3. The molecule has 0 atom stereocenters. The van der Waals surface area contributed by atoms with Gasteiger partial charge in [0.15, 0.2) is 0 Å². The second kappa shape index (κ2) is 6.57. The number of halogens is 3. The van der Waals surface area contributed by atoms with Crippen LogP contribution in [0.2, 0.25) is 0 Å². The molecule has 2 amide bonds. The van der Waals surface area contributed by atoms with E-state index < -0.39 is 17.8 Å². The second-order valence-electron chi connectivity index (χ2n) is 4.81. The SMILES string of the molecule is CCc1nc(C)c(NC(=O)NCc2c(C(F)(F)F)cnn2C)s1. The highest BCUT2D eigenvalue weighted by atomic mass is 32.1. The number of thiazole rings is 1. The molecule has 10 heteroatoms. The molecule has 0 saturated heterocycles. The number of nitrogens with one attached hydrogen (secondary N) is 2. The zero-order valence-corrected chi connectivity index (χ0v) is 13.6. The molecule has 2 N–H and O–H groups in total. The van der Waals surface area contributed by atoms with E-state index in [1.165, 1.54) is 18.4 Å². The number of amides is 2. The van der Waals surface area contributed by atoms with Crippen molar-refractivity contribution in [3.8, 4) is 0 Å². The first-order chi connectivity index (χ1) is 10.7. The van der Waals surface area contributed by atoms with Crippen LogP contribution >= 0.6 is 11.3 Å². The van der Waals surface area contributed by atoms with E-state index in [2.05, 4.69) is 20.7 Å². The van der Waals surface area contributed by atoms with Gasteiger partial charge in [-0.3, -0.25) is 10.00 Å². The van der Waals surface area contributed by atoms with Crippen LogP contribution in [0.25, 0.3) is 0 Å². The summed E-state index contributed by atoms with van der Waals surface area (Å²) in [6, 6.07) is -0.589. The highest BCUT2D eigenvalue weighted by molar-refractivity contribution is 7.16. The van der Waals surface area contributed by atoms with Gasteiger partial charge < -0.3 is 5.32 Å². The minimum atomic E-state index is -4.51. The van der Waals surface area contributed by atoms with E-state index in [9.17, 15) is 18.0 Å². The number of hydrogen-bond acceptors (Lipinski definition) is 4. The monoisotopic (exact) mass is 347 g/mol. The number of aryl methyl sites for hydroxylation is 3. The molecule has 0 saturated carbocycles. The molecule has 0 unspecified atom stereocenters. The first-order valence-electron chi connectivity index (χ1n) is 6.81. The van der Waals surface area contributed by atoms with E-state index >= 15 is 0 Å². The molecular weight excluding hydrogens is 331 g/mol. The lowest BCUT2D eigenvalue weighted by atomic mass is 10.2. The average molecular weight is 347 g/mol. The summed E-state index contributed by atoms with van der Waals surface area (Å²) in [7, 11) is 1.39. The van der Waals surface area contributed by atoms with Crippen LogP contribution in [-0.2, 0) is 26.2 Å². The van der Waals surface area contributed by atoms with Crippen molar-refractivity contribution in [2.24, 2.45) is 7.05 Å². The Balaban J connectivity index is 2.02. The molecule has 126 valence electrons. The Hall–Kier alpha value is -2.10. The molecule has 0 aliphatic rings. The molecule has 2 aromatic heterocycles.